The molecule has 1 rings (SSSR count). The average Bonchev–Trinajstić information content (AvgIpc) is 2.55. The number of nitro groups is 1. The standard InChI is InChI=1S/C13H16Cl2N6O5/c14-7-3-4-8(9(15)6-7)11(22)18-10(12(23)20-24)2-1-5-17-13(16)19-21(25)26/h3-4,6,10,24H,1-2,5H2,(H,18,22)(H,20,23)(H3,16,17,19)/t10-/m1/s1. The maximum absolute atomic E-state index is 12.2. The summed E-state index contributed by atoms with van der Waals surface area (Å²) >= 11 is 11.7. The Balaban J connectivity index is 2.68. The molecular formula is C13H16Cl2N6O5. The van der Waals surface area contributed by atoms with Gasteiger partial charge in [-0.2, -0.15) is 0 Å². The van der Waals surface area contributed by atoms with Crippen LogP contribution in [0.5, 0.6) is 0 Å². The topological polar surface area (TPSA) is 172 Å². The lowest BCUT2D eigenvalue weighted by atomic mass is 10.1. The van der Waals surface area contributed by atoms with Crippen LogP contribution < -0.4 is 22.0 Å². The lowest BCUT2D eigenvalue weighted by Crippen LogP contribution is -2.46. The van der Waals surface area contributed by atoms with Crippen molar-refractivity contribution in [2.45, 2.75) is 18.9 Å². The van der Waals surface area contributed by atoms with Crippen LogP contribution in [0.2, 0.25) is 10.0 Å². The van der Waals surface area contributed by atoms with Gasteiger partial charge in [-0.15, -0.1) is 0 Å². The number of aliphatic imine (C=N–C) groups is 1. The van der Waals surface area contributed by atoms with Crippen molar-refractivity contribution in [1.82, 2.24) is 16.2 Å². The van der Waals surface area contributed by atoms with E-state index in [1.165, 1.54) is 23.7 Å². The third-order valence-electron chi connectivity index (χ3n) is 3.05. The Morgan fingerprint density at radius 3 is 2.65 bits per heavy atom. The molecule has 142 valence electrons. The molecule has 11 nitrogen and oxygen atoms in total. The molecule has 0 bridgehead atoms. The van der Waals surface area contributed by atoms with Crippen molar-refractivity contribution in [2.24, 2.45) is 10.7 Å². The van der Waals surface area contributed by atoms with Crippen molar-refractivity contribution < 1.29 is 19.8 Å². The van der Waals surface area contributed by atoms with E-state index in [1.54, 1.807) is 5.43 Å². The minimum absolute atomic E-state index is 0.0550. The number of carbonyl (C=O) groups is 2. The smallest absolute Gasteiger partial charge is 0.265 e. The molecule has 0 saturated carbocycles. The van der Waals surface area contributed by atoms with Crippen molar-refractivity contribution >= 4 is 41.0 Å². The summed E-state index contributed by atoms with van der Waals surface area (Å²) in [4.78, 5) is 37.8. The van der Waals surface area contributed by atoms with Gasteiger partial charge < -0.3 is 11.1 Å². The summed E-state index contributed by atoms with van der Waals surface area (Å²) < 4.78 is 0. The van der Waals surface area contributed by atoms with Gasteiger partial charge in [-0.25, -0.2) is 20.6 Å². The number of nitrogens with two attached hydrogens (primary N) is 1. The van der Waals surface area contributed by atoms with Crippen molar-refractivity contribution in [2.75, 3.05) is 6.54 Å². The summed E-state index contributed by atoms with van der Waals surface area (Å²) in [5.74, 6) is -1.88. The van der Waals surface area contributed by atoms with E-state index in [4.69, 9.17) is 34.1 Å². The number of hydrazine groups is 1. The second-order valence-corrected chi connectivity index (χ2v) is 5.75. The summed E-state index contributed by atoms with van der Waals surface area (Å²) in [5, 5.41) is 21.0. The van der Waals surface area contributed by atoms with Crippen LogP contribution in [-0.2, 0) is 4.79 Å². The van der Waals surface area contributed by atoms with Gasteiger partial charge in [0.25, 0.3) is 17.8 Å². The zero-order chi connectivity index (χ0) is 19.7. The molecule has 1 aromatic rings. The van der Waals surface area contributed by atoms with Crippen LogP contribution in [0.1, 0.15) is 23.2 Å². The Morgan fingerprint density at radius 1 is 1.38 bits per heavy atom. The van der Waals surface area contributed by atoms with E-state index in [1.807, 2.05) is 0 Å². The molecule has 6 N–H and O–H groups in total. The number of carbonyl (C=O) groups excluding carboxylic acids is 2. The van der Waals surface area contributed by atoms with Gasteiger partial charge in [0.15, 0.2) is 5.03 Å². The number of hydrogen-bond acceptors (Lipinski definition) is 6. The molecule has 0 aliphatic carbocycles. The van der Waals surface area contributed by atoms with Crippen LogP contribution in [0.4, 0.5) is 0 Å². The molecule has 0 fully saturated rings. The van der Waals surface area contributed by atoms with Crippen molar-refractivity contribution in [3.63, 3.8) is 0 Å². The Kier molecular flexibility index (Phi) is 8.55. The highest BCUT2D eigenvalue weighted by Gasteiger charge is 2.22. The highest BCUT2D eigenvalue weighted by Crippen LogP contribution is 2.21. The quantitative estimate of drug-likeness (QED) is 0.104. The van der Waals surface area contributed by atoms with Crippen LogP contribution in [0.3, 0.4) is 0 Å². The van der Waals surface area contributed by atoms with Gasteiger partial charge in [0, 0.05) is 11.6 Å². The molecule has 1 aromatic carbocycles. The molecule has 0 heterocycles. The van der Waals surface area contributed by atoms with E-state index in [2.05, 4.69) is 10.3 Å². The number of guanidine groups is 1. The van der Waals surface area contributed by atoms with Crippen LogP contribution in [0.15, 0.2) is 23.2 Å². The van der Waals surface area contributed by atoms with E-state index in [-0.39, 0.29) is 30.0 Å². The van der Waals surface area contributed by atoms with E-state index < -0.39 is 28.8 Å². The third kappa shape index (κ3) is 7.09. The SMILES string of the molecule is NC(=NCCC[C@@H](NC(=O)c1ccc(Cl)cc1Cl)C(=O)NO)N[N+](=O)[O-]. The van der Waals surface area contributed by atoms with Gasteiger partial charge in [0.05, 0.1) is 10.6 Å². The highest BCUT2D eigenvalue weighted by atomic mass is 35.5. The molecule has 0 aliphatic heterocycles. The van der Waals surface area contributed by atoms with Crippen LogP contribution >= 0.6 is 23.2 Å². The highest BCUT2D eigenvalue weighted by molar-refractivity contribution is 6.36. The largest absolute Gasteiger partial charge is 0.365 e. The van der Waals surface area contributed by atoms with Gasteiger partial charge in [0.2, 0.25) is 0 Å². The fraction of sp³-hybridized carbons (Fsp3) is 0.308. The molecule has 0 aliphatic rings. The second kappa shape index (κ2) is 10.4. The molecule has 0 radical (unpaired) electrons. The monoisotopic (exact) mass is 406 g/mol. The maximum Gasteiger partial charge on any atom is 0.265 e. The first-order valence-electron chi connectivity index (χ1n) is 7.15. The number of nitrogens with one attached hydrogen (secondary N) is 3. The van der Waals surface area contributed by atoms with Gasteiger partial charge in [-0.3, -0.25) is 14.8 Å². The Labute approximate surface area is 157 Å². The molecule has 0 aromatic heterocycles. The molecule has 26 heavy (non-hydrogen) atoms. The molecular weight excluding hydrogens is 391 g/mol. The first-order valence-corrected chi connectivity index (χ1v) is 7.91. The van der Waals surface area contributed by atoms with Crippen molar-refractivity contribution in [3.05, 3.63) is 43.9 Å². The molecule has 1 atom stereocenters. The first kappa shape index (κ1) is 21.4. The number of nitrogens with zero attached hydrogens (tertiary/aromatic N) is 2. The lowest BCUT2D eigenvalue weighted by Gasteiger charge is -2.17. The van der Waals surface area contributed by atoms with Crippen LogP contribution in [0.25, 0.3) is 0 Å². The predicted octanol–water partition coefficient (Wildman–Crippen LogP) is 0.473. The Hall–Kier alpha value is -2.63. The zero-order valence-corrected chi connectivity index (χ0v) is 14.8. The van der Waals surface area contributed by atoms with E-state index in [0.29, 0.717) is 5.02 Å². The average molecular weight is 407 g/mol. The van der Waals surface area contributed by atoms with Gasteiger partial charge in [-0.05, 0) is 31.0 Å². The number of benzene rings is 1. The molecule has 13 heteroatoms. The van der Waals surface area contributed by atoms with Crippen molar-refractivity contribution in [1.29, 1.82) is 0 Å². The minimum atomic E-state index is -1.08. The molecule has 0 unspecified atom stereocenters. The van der Waals surface area contributed by atoms with E-state index >= 15 is 0 Å². The first-order chi connectivity index (χ1) is 12.2. The fourth-order valence-electron chi connectivity index (χ4n) is 1.88. The predicted molar refractivity (Wildman–Crippen MR) is 93.5 cm³/mol. The summed E-state index contributed by atoms with van der Waals surface area (Å²) in [6, 6.07) is 3.14. The number of hydroxylamine groups is 1. The van der Waals surface area contributed by atoms with Gasteiger partial charge in [-0.1, -0.05) is 28.6 Å². The number of amides is 2. The second-order valence-electron chi connectivity index (χ2n) is 4.90. The summed E-state index contributed by atoms with van der Waals surface area (Å²) in [7, 11) is 0. The number of hydrogen-bond donors (Lipinski definition) is 5. The molecule has 0 spiro atoms. The summed E-state index contributed by atoms with van der Waals surface area (Å²) in [5.41, 5.74) is 8.46. The fourth-order valence-corrected chi connectivity index (χ4v) is 2.37. The summed E-state index contributed by atoms with van der Waals surface area (Å²) in [6.07, 6.45) is 0.325. The maximum atomic E-state index is 12.2. The van der Waals surface area contributed by atoms with Crippen LogP contribution in [-0.4, -0.2) is 40.6 Å². The zero-order valence-electron chi connectivity index (χ0n) is 13.2. The number of rotatable bonds is 8. The molecule has 0 saturated heterocycles. The third-order valence-corrected chi connectivity index (χ3v) is 3.59. The Morgan fingerprint density at radius 2 is 2.08 bits per heavy atom. The Bertz CT molecular complexity index is 714. The molecule has 2 amide bonds. The van der Waals surface area contributed by atoms with E-state index in [0.717, 1.165) is 0 Å². The number of halogens is 2. The normalized spacial score (nSPS) is 12.2. The summed E-state index contributed by atoms with van der Waals surface area (Å²) in [6.45, 7) is 0.0550. The van der Waals surface area contributed by atoms with Crippen LogP contribution in [0, 0.1) is 10.1 Å². The van der Waals surface area contributed by atoms with Gasteiger partial charge >= 0.3 is 0 Å². The lowest BCUT2D eigenvalue weighted by molar-refractivity contribution is -0.525. The minimum Gasteiger partial charge on any atom is -0.365 e. The van der Waals surface area contributed by atoms with Gasteiger partial charge in [0.1, 0.15) is 6.04 Å². The van der Waals surface area contributed by atoms with E-state index in [9.17, 15) is 19.7 Å². The van der Waals surface area contributed by atoms with Crippen molar-refractivity contribution in [3.8, 4) is 0 Å².